The molecule has 0 unspecified atom stereocenters. The number of para-hydroxylation sites is 1. The number of anilines is 2. The molecule has 2 nitrogen and oxygen atoms in total. The molecule has 94 valence electrons. The van der Waals surface area contributed by atoms with Crippen LogP contribution in [0.5, 0.6) is 0 Å². The van der Waals surface area contributed by atoms with Crippen molar-refractivity contribution in [2.75, 3.05) is 5.32 Å². The first-order valence-electron chi connectivity index (χ1n) is 5.80. The molecule has 0 fully saturated rings. The number of aromatic nitrogens is 1. The lowest BCUT2D eigenvalue weighted by Gasteiger charge is -2.07. The van der Waals surface area contributed by atoms with E-state index >= 15 is 0 Å². The summed E-state index contributed by atoms with van der Waals surface area (Å²) < 4.78 is 13.1. The molecule has 0 amide bonds. The Morgan fingerprint density at radius 3 is 2.68 bits per heavy atom. The summed E-state index contributed by atoms with van der Waals surface area (Å²) in [4.78, 5) is 4.43. The van der Waals surface area contributed by atoms with Gasteiger partial charge in [-0.05, 0) is 36.4 Å². The van der Waals surface area contributed by atoms with E-state index in [0.29, 0.717) is 16.5 Å². The molecule has 1 heterocycles. The van der Waals surface area contributed by atoms with Gasteiger partial charge >= 0.3 is 0 Å². The van der Waals surface area contributed by atoms with Crippen molar-refractivity contribution in [3.05, 3.63) is 65.4 Å². The largest absolute Gasteiger partial charge is 0.340 e. The van der Waals surface area contributed by atoms with Crippen LogP contribution >= 0.6 is 11.6 Å². The summed E-state index contributed by atoms with van der Waals surface area (Å²) in [5.41, 5.74) is 1.38. The van der Waals surface area contributed by atoms with E-state index in [-0.39, 0.29) is 5.82 Å². The van der Waals surface area contributed by atoms with Crippen LogP contribution in [0.2, 0.25) is 5.02 Å². The summed E-state index contributed by atoms with van der Waals surface area (Å²) >= 11 is 6.11. The lowest BCUT2D eigenvalue weighted by molar-refractivity contribution is 0.628. The van der Waals surface area contributed by atoms with E-state index in [2.05, 4.69) is 10.3 Å². The second-order valence-corrected chi connectivity index (χ2v) is 4.55. The second-order valence-electron chi connectivity index (χ2n) is 4.14. The van der Waals surface area contributed by atoms with Gasteiger partial charge in [0.1, 0.15) is 11.6 Å². The van der Waals surface area contributed by atoms with E-state index in [9.17, 15) is 4.39 Å². The maximum Gasteiger partial charge on any atom is 0.131 e. The summed E-state index contributed by atoms with van der Waals surface area (Å²) in [6, 6.07) is 15.6. The van der Waals surface area contributed by atoms with Crippen LogP contribution in [-0.4, -0.2) is 4.98 Å². The van der Waals surface area contributed by atoms with Crippen molar-refractivity contribution in [1.82, 2.24) is 4.98 Å². The average Bonchev–Trinajstić information content (AvgIpc) is 2.40. The van der Waals surface area contributed by atoms with Gasteiger partial charge in [0.05, 0.1) is 10.5 Å². The van der Waals surface area contributed by atoms with Crippen molar-refractivity contribution in [2.45, 2.75) is 0 Å². The van der Waals surface area contributed by atoms with E-state index < -0.39 is 0 Å². The van der Waals surface area contributed by atoms with Gasteiger partial charge in [-0.3, -0.25) is 0 Å². The molecule has 0 saturated heterocycles. The fourth-order valence-corrected chi connectivity index (χ4v) is 2.12. The van der Waals surface area contributed by atoms with Gasteiger partial charge in [-0.1, -0.05) is 29.8 Å². The molecule has 4 heteroatoms. The van der Waals surface area contributed by atoms with Crippen molar-refractivity contribution < 1.29 is 4.39 Å². The zero-order valence-electron chi connectivity index (χ0n) is 9.90. The minimum atomic E-state index is -0.288. The highest BCUT2D eigenvalue weighted by Gasteiger charge is 2.03. The van der Waals surface area contributed by atoms with Gasteiger partial charge in [0.25, 0.3) is 0 Å². The van der Waals surface area contributed by atoms with Gasteiger partial charge in [0.2, 0.25) is 0 Å². The molecule has 3 rings (SSSR count). The zero-order chi connectivity index (χ0) is 13.2. The number of hydrogen-bond acceptors (Lipinski definition) is 2. The SMILES string of the molecule is Fc1cccc(Nc2ccc3cccc(Cl)c3n2)c1. The first kappa shape index (κ1) is 11.9. The fourth-order valence-electron chi connectivity index (χ4n) is 1.89. The third-order valence-electron chi connectivity index (χ3n) is 2.77. The fraction of sp³-hybridized carbons (Fsp3) is 0. The molecule has 0 radical (unpaired) electrons. The molecule has 19 heavy (non-hydrogen) atoms. The van der Waals surface area contributed by atoms with Gasteiger partial charge < -0.3 is 5.32 Å². The first-order valence-corrected chi connectivity index (χ1v) is 6.18. The van der Waals surface area contributed by atoms with Gasteiger partial charge in [-0.2, -0.15) is 0 Å². The molecule has 1 aromatic heterocycles. The van der Waals surface area contributed by atoms with Crippen LogP contribution in [0, 0.1) is 5.82 Å². The third kappa shape index (κ3) is 2.51. The monoisotopic (exact) mass is 272 g/mol. The van der Waals surface area contributed by atoms with Crippen LogP contribution in [0.15, 0.2) is 54.6 Å². The summed E-state index contributed by atoms with van der Waals surface area (Å²) in [7, 11) is 0. The molecule has 0 spiro atoms. The van der Waals surface area contributed by atoms with E-state index in [1.54, 1.807) is 18.2 Å². The average molecular weight is 273 g/mol. The Kier molecular flexibility index (Phi) is 3.05. The van der Waals surface area contributed by atoms with E-state index in [1.165, 1.54) is 12.1 Å². The quantitative estimate of drug-likeness (QED) is 0.727. The maximum atomic E-state index is 13.1. The van der Waals surface area contributed by atoms with Crippen LogP contribution in [0.25, 0.3) is 10.9 Å². The number of hydrogen-bond donors (Lipinski definition) is 1. The second kappa shape index (κ2) is 4.86. The molecular weight excluding hydrogens is 263 g/mol. The van der Waals surface area contributed by atoms with Crippen molar-refractivity contribution in [3.63, 3.8) is 0 Å². The van der Waals surface area contributed by atoms with Crippen LogP contribution in [-0.2, 0) is 0 Å². The topological polar surface area (TPSA) is 24.9 Å². The Morgan fingerprint density at radius 1 is 1.00 bits per heavy atom. The Balaban J connectivity index is 2.00. The summed E-state index contributed by atoms with van der Waals surface area (Å²) in [6.07, 6.45) is 0. The summed E-state index contributed by atoms with van der Waals surface area (Å²) in [6.45, 7) is 0. The highest BCUT2D eigenvalue weighted by atomic mass is 35.5. The number of pyridine rings is 1. The molecule has 0 aliphatic carbocycles. The van der Waals surface area contributed by atoms with Gasteiger partial charge in [0, 0.05) is 11.1 Å². The Labute approximate surface area is 114 Å². The highest BCUT2D eigenvalue weighted by Crippen LogP contribution is 2.24. The van der Waals surface area contributed by atoms with Gasteiger partial charge in [-0.15, -0.1) is 0 Å². The number of rotatable bonds is 2. The van der Waals surface area contributed by atoms with E-state index in [4.69, 9.17) is 11.6 Å². The lowest BCUT2D eigenvalue weighted by atomic mass is 10.2. The zero-order valence-corrected chi connectivity index (χ0v) is 10.7. The van der Waals surface area contributed by atoms with Crippen LogP contribution in [0.4, 0.5) is 15.9 Å². The summed E-state index contributed by atoms with van der Waals surface area (Å²) in [5, 5.41) is 4.62. The number of nitrogens with one attached hydrogen (secondary N) is 1. The molecule has 0 bridgehead atoms. The van der Waals surface area contributed by atoms with E-state index in [0.717, 1.165) is 10.9 Å². The van der Waals surface area contributed by atoms with Crippen LogP contribution < -0.4 is 5.32 Å². The van der Waals surface area contributed by atoms with Crippen LogP contribution in [0.3, 0.4) is 0 Å². The summed E-state index contributed by atoms with van der Waals surface area (Å²) in [5.74, 6) is 0.343. The van der Waals surface area contributed by atoms with Crippen LogP contribution in [0.1, 0.15) is 0 Å². The molecule has 3 aromatic rings. The predicted octanol–water partition coefficient (Wildman–Crippen LogP) is 4.77. The number of nitrogens with zero attached hydrogens (tertiary/aromatic N) is 1. The number of fused-ring (bicyclic) bond motifs is 1. The Morgan fingerprint density at radius 2 is 1.84 bits per heavy atom. The first-order chi connectivity index (χ1) is 9.22. The molecule has 1 N–H and O–H groups in total. The van der Waals surface area contributed by atoms with Crippen molar-refractivity contribution >= 4 is 34.0 Å². The van der Waals surface area contributed by atoms with Gasteiger partial charge in [-0.25, -0.2) is 9.37 Å². The van der Waals surface area contributed by atoms with Crippen molar-refractivity contribution in [3.8, 4) is 0 Å². The molecule has 0 aliphatic heterocycles. The Bertz CT molecular complexity index is 743. The Hall–Kier alpha value is -2.13. The normalized spacial score (nSPS) is 10.6. The standard InChI is InChI=1S/C15H10ClFN2/c16-13-6-1-3-10-7-8-14(19-15(10)13)18-12-5-2-4-11(17)9-12/h1-9H,(H,18,19). The smallest absolute Gasteiger partial charge is 0.131 e. The minimum absolute atomic E-state index is 0.288. The highest BCUT2D eigenvalue weighted by molar-refractivity contribution is 6.35. The number of benzene rings is 2. The molecule has 0 atom stereocenters. The van der Waals surface area contributed by atoms with E-state index in [1.807, 2.05) is 24.3 Å². The minimum Gasteiger partial charge on any atom is -0.340 e. The third-order valence-corrected chi connectivity index (χ3v) is 3.07. The van der Waals surface area contributed by atoms with Crippen molar-refractivity contribution in [1.29, 1.82) is 0 Å². The lowest BCUT2D eigenvalue weighted by Crippen LogP contribution is -1.94. The molecule has 2 aromatic carbocycles. The molecule has 0 saturated carbocycles. The predicted molar refractivity (Wildman–Crippen MR) is 76.4 cm³/mol. The molecular formula is C15H10ClFN2. The maximum absolute atomic E-state index is 13.1. The van der Waals surface area contributed by atoms with Crippen molar-refractivity contribution in [2.24, 2.45) is 0 Å². The van der Waals surface area contributed by atoms with Gasteiger partial charge in [0.15, 0.2) is 0 Å². The number of halogens is 2. The molecule has 0 aliphatic rings.